The third kappa shape index (κ3) is 2.25. The van der Waals surface area contributed by atoms with Crippen molar-refractivity contribution < 1.29 is 4.74 Å². The monoisotopic (exact) mass is 270 g/mol. The molecule has 0 aliphatic heterocycles. The molecule has 0 saturated carbocycles. The number of benzene rings is 2. The van der Waals surface area contributed by atoms with Crippen LogP contribution in [0.3, 0.4) is 0 Å². The Morgan fingerprint density at radius 1 is 1.05 bits per heavy atom. The van der Waals surface area contributed by atoms with Gasteiger partial charge in [-0.3, -0.25) is 0 Å². The summed E-state index contributed by atoms with van der Waals surface area (Å²) in [7, 11) is 1.66. The molecule has 3 rings (SSSR count). The maximum Gasteiger partial charge on any atom is 0.222 e. The summed E-state index contributed by atoms with van der Waals surface area (Å²) < 4.78 is 5.28. The average Bonchev–Trinajstić information content (AvgIpc) is 2.47. The highest BCUT2D eigenvalue weighted by atomic mass is 35.5. The van der Waals surface area contributed by atoms with Crippen LogP contribution in [0, 0.1) is 0 Å². The summed E-state index contributed by atoms with van der Waals surface area (Å²) in [5.41, 5.74) is 2.00. The predicted octanol–water partition coefficient (Wildman–Crippen LogP) is 3.96. The zero-order valence-corrected chi connectivity index (χ0v) is 11.1. The van der Waals surface area contributed by atoms with Crippen LogP contribution in [0.1, 0.15) is 0 Å². The number of ether oxygens (including phenoxy) is 1. The molecule has 0 amide bonds. The van der Waals surface area contributed by atoms with Crippen LogP contribution in [0.15, 0.2) is 48.8 Å². The van der Waals surface area contributed by atoms with Crippen LogP contribution < -0.4 is 4.74 Å². The molecular formula is C15H11ClN2O. The maximum atomic E-state index is 5.72. The molecule has 1 aromatic heterocycles. The number of halogens is 1. The van der Waals surface area contributed by atoms with Crippen LogP contribution in [0.5, 0.6) is 5.75 Å². The quantitative estimate of drug-likeness (QED) is 0.661. The molecule has 0 N–H and O–H groups in total. The van der Waals surface area contributed by atoms with E-state index in [4.69, 9.17) is 16.3 Å². The minimum Gasteiger partial charge on any atom is -0.497 e. The fourth-order valence-corrected chi connectivity index (χ4v) is 2.18. The summed E-state index contributed by atoms with van der Waals surface area (Å²) in [5, 5.41) is 2.50. The van der Waals surface area contributed by atoms with E-state index >= 15 is 0 Å². The Labute approximate surface area is 115 Å². The van der Waals surface area contributed by atoms with Crippen molar-refractivity contribution in [3.63, 3.8) is 0 Å². The van der Waals surface area contributed by atoms with Crippen molar-refractivity contribution in [2.45, 2.75) is 0 Å². The van der Waals surface area contributed by atoms with Gasteiger partial charge in [-0.25, -0.2) is 9.97 Å². The summed E-state index contributed by atoms with van der Waals surface area (Å²) in [6.45, 7) is 0. The van der Waals surface area contributed by atoms with Gasteiger partial charge in [0.15, 0.2) is 0 Å². The zero-order valence-electron chi connectivity index (χ0n) is 10.3. The van der Waals surface area contributed by atoms with Gasteiger partial charge < -0.3 is 4.74 Å². The molecule has 2 aromatic carbocycles. The van der Waals surface area contributed by atoms with Gasteiger partial charge in [0, 0.05) is 18.0 Å². The van der Waals surface area contributed by atoms with Gasteiger partial charge >= 0.3 is 0 Å². The summed E-state index contributed by atoms with van der Waals surface area (Å²) in [6.07, 6.45) is 3.45. The molecule has 0 unspecified atom stereocenters. The third-order valence-electron chi connectivity index (χ3n) is 3.02. The van der Waals surface area contributed by atoms with Gasteiger partial charge in [-0.2, -0.15) is 0 Å². The molecule has 0 fully saturated rings. The van der Waals surface area contributed by atoms with Crippen molar-refractivity contribution in [2.75, 3.05) is 7.11 Å². The first-order valence-corrected chi connectivity index (χ1v) is 6.20. The summed E-state index contributed by atoms with van der Waals surface area (Å²) in [5.74, 6) is 0.829. The van der Waals surface area contributed by atoms with Crippen LogP contribution >= 0.6 is 11.6 Å². The molecule has 3 nitrogen and oxygen atoms in total. The Bertz CT molecular complexity index is 726. The molecule has 94 valence electrons. The zero-order chi connectivity index (χ0) is 13.2. The first-order chi connectivity index (χ1) is 9.28. The predicted molar refractivity (Wildman–Crippen MR) is 76.5 cm³/mol. The van der Waals surface area contributed by atoms with Crippen molar-refractivity contribution >= 4 is 22.4 Å². The van der Waals surface area contributed by atoms with Gasteiger partial charge in [0.1, 0.15) is 5.75 Å². The Balaban J connectivity index is 2.25. The first-order valence-electron chi connectivity index (χ1n) is 5.82. The van der Waals surface area contributed by atoms with Crippen LogP contribution in [-0.4, -0.2) is 17.1 Å². The molecule has 0 bridgehead atoms. The van der Waals surface area contributed by atoms with E-state index in [2.05, 4.69) is 16.0 Å². The van der Waals surface area contributed by atoms with E-state index in [0.29, 0.717) is 0 Å². The van der Waals surface area contributed by atoms with Crippen LogP contribution in [-0.2, 0) is 0 Å². The van der Waals surface area contributed by atoms with Crippen molar-refractivity contribution in [1.82, 2.24) is 9.97 Å². The molecule has 1 heterocycles. The van der Waals surface area contributed by atoms with Crippen LogP contribution in [0.25, 0.3) is 21.9 Å². The maximum absolute atomic E-state index is 5.72. The summed E-state index contributed by atoms with van der Waals surface area (Å²) in [6, 6.07) is 12.1. The second-order valence-electron chi connectivity index (χ2n) is 4.13. The van der Waals surface area contributed by atoms with E-state index in [-0.39, 0.29) is 5.28 Å². The van der Waals surface area contributed by atoms with Crippen molar-refractivity contribution in [3.05, 3.63) is 54.1 Å². The van der Waals surface area contributed by atoms with E-state index in [1.54, 1.807) is 19.5 Å². The van der Waals surface area contributed by atoms with Crippen molar-refractivity contribution in [2.24, 2.45) is 0 Å². The number of hydrogen-bond donors (Lipinski definition) is 0. The van der Waals surface area contributed by atoms with Crippen molar-refractivity contribution in [3.8, 4) is 16.9 Å². The molecule has 0 spiro atoms. The number of methoxy groups -OCH3 is 1. The number of fused-ring (bicyclic) bond motifs is 1. The molecule has 4 heteroatoms. The molecule has 0 saturated heterocycles. The smallest absolute Gasteiger partial charge is 0.222 e. The lowest BCUT2D eigenvalue weighted by molar-refractivity contribution is 0.415. The Kier molecular flexibility index (Phi) is 3.05. The average molecular weight is 271 g/mol. The van der Waals surface area contributed by atoms with E-state index in [9.17, 15) is 0 Å². The molecule has 0 aliphatic carbocycles. The lowest BCUT2D eigenvalue weighted by Gasteiger charge is -2.08. The highest BCUT2D eigenvalue weighted by molar-refractivity contribution is 6.28. The molecule has 0 radical (unpaired) electrons. The second kappa shape index (κ2) is 4.86. The largest absolute Gasteiger partial charge is 0.497 e. The molecular weight excluding hydrogens is 260 g/mol. The van der Waals surface area contributed by atoms with E-state index in [1.165, 1.54) is 0 Å². The van der Waals surface area contributed by atoms with Gasteiger partial charge in [0.05, 0.1) is 7.11 Å². The Morgan fingerprint density at radius 2 is 1.84 bits per heavy atom. The van der Waals surface area contributed by atoms with Crippen molar-refractivity contribution in [1.29, 1.82) is 0 Å². The second-order valence-corrected chi connectivity index (χ2v) is 4.47. The molecule has 0 atom stereocenters. The van der Waals surface area contributed by atoms with Gasteiger partial charge in [0.25, 0.3) is 0 Å². The van der Waals surface area contributed by atoms with E-state index in [0.717, 1.165) is 27.6 Å². The Morgan fingerprint density at radius 3 is 2.58 bits per heavy atom. The van der Waals surface area contributed by atoms with Gasteiger partial charge in [0.2, 0.25) is 5.28 Å². The fourth-order valence-electron chi connectivity index (χ4n) is 2.08. The fraction of sp³-hybridized carbons (Fsp3) is 0.0667. The SMILES string of the molecule is COc1ccc2cccc(-c3cnc(Cl)nc3)c2c1. The number of nitrogens with zero attached hydrogens (tertiary/aromatic N) is 2. The number of hydrogen-bond acceptors (Lipinski definition) is 3. The normalized spacial score (nSPS) is 10.6. The minimum absolute atomic E-state index is 0.251. The third-order valence-corrected chi connectivity index (χ3v) is 3.22. The van der Waals surface area contributed by atoms with Gasteiger partial charge in [-0.1, -0.05) is 24.3 Å². The topological polar surface area (TPSA) is 35.0 Å². The molecule has 19 heavy (non-hydrogen) atoms. The highest BCUT2D eigenvalue weighted by Gasteiger charge is 2.06. The molecule has 0 aliphatic rings. The van der Waals surface area contributed by atoms with Crippen LogP contribution in [0.2, 0.25) is 5.28 Å². The Hall–Kier alpha value is -2.13. The van der Waals surface area contributed by atoms with Gasteiger partial charge in [-0.15, -0.1) is 0 Å². The lowest BCUT2D eigenvalue weighted by Crippen LogP contribution is -1.87. The summed E-state index contributed by atoms with van der Waals surface area (Å²) >= 11 is 5.72. The standard InChI is InChI=1S/C15H11ClN2O/c1-19-12-6-5-10-3-2-4-13(14(10)7-12)11-8-17-15(16)18-9-11/h2-9H,1H3. The highest BCUT2D eigenvalue weighted by Crippen LogP contribution is 2.30. The number of rotatable bonds is 2. The van der Waals surface area contributed by atoms with E-state index in [1.807, 2.05) is 30.3 Å². The van der Waals surface area contributed by atoms with Gasteiger partial charge in [-0.05, 0) is 40.1 Å². The first kappa shape index (κ1) is 11.9. The molecule has 3 aromatic rings. The summed E-state index contributed by atoms with van der Waals surface area (Å²) in [4.78, 5) is 8.06. The number of aromatic nitrogens is 2. The van der Waals surface area contributed by atoms with E-state index < -0.39 is 0 Å². The van der Waals surface area contributed by atoms with Crippen LogP contribution in [0.4, 0.5) is 0 Å². The minimum atomic E-state index is 0.251. The lowest BCUT2D eigenvalue weighted by atomic mass is 10.0.